The minimum atomic E-state index is -0.529. The van der Waals surface area contributed by atoms with Gasteiger partial charge in [-0.05, 0) is 11.6 Å². The van der Waals surface area contributed by atoms with E-state index in [1.807, 2.05) is 0 Å². The molecule has 16 heavy (non-hydrogen) atoms. The molecule has 6 nitrogen and oxygen atoms in total. The Bertz CT molecular complexity index is 391. The molecule has 0 bridgehead atoms. The molecule has 86 valence electrons. The van der Waals surface area contributed by atoms with Crippen LogP contribution in [0.5, 0.6) is 0 Å². The lowest BCUT2D eigenvalue weighted by Gasteiger charge is -2.07. The Balaban J connectivity index is 2.56. The van der Waals surface area contributed by atoms with Gasteiger partial charge in [0.15, 0.2) is 5.82 Å². The largest absolute Gasteiger partial charge is 0.370 e. The smallest absolute Gasteiger partial charge is 0.274 e. The van der Waals surface area contributed by atoms with Gasteiger partial charge in [-0.3, -0.25) is 10.1 Å². The van der Waals surface area contributed by atoms with Crippen LogP contribution in [0.1, 0.15) is 5.56 Å². The first kappa shape index (κ1) is 12.3. The Morgan fingerprint density at radius 3 is 2.94 bits per heavy atom. The highest BCUT2D eigenvalue weighted by molar-refractivity contribution is 6.29. The molecule has 0 aliphatic carbocycles. The number of aromatic nitrogens is 1. The van der Waals surface area contributed by atoms with E-state index in [0.29, 0.717) is 17.5 Å². The van der Waals surface area contributed by atoms with Gasteiger partial charge in [0.1, 0.15) is 5.15 Å². The molecule has 0 atom stereocenters. The molecule has 1 heterocycles. The number of pyridine rings is 1. The maximum atomic E-state index is 10.2. The average Bonchev–Trinajstić information content (AvgIpc) is 2.26. The van der Waals surface area contributed by atoms with Gasteiger partial charge < -0.3 is 10.6 Å². The third-order valence-electron chi connectivity index (χ3n) is 1.78. The van der Waals surface area contributed by atoms with Crippen LogP contribution in [0.3, 0.4) is 0 Å². The van der Waals surface area contributed by atoms with Gasteiger partial charge in [-0.25, -0.2) is 4.98 Å². The fraction of sp³-hybridized carbons (Fsp3) is 0.222. The number of nitrogens with zero attached hydrogens (tertiary/aromatic N) is 2. The minimum absolute atomic E-state index is 0.333. The predicted octanol–water partition coefficient (Wildman–Crippen LogP) is 1.12. The number of rotatable bonds is 5. The molecule has 0 fully saturated rings. The Morgan fingerprint density at radius 2 is 2.44 bits per heavy atom. The van der Waals surface area contributed by atoms with Gasteiger partial charge in [0.2, 0.25) is 0 Å². The highest BCUT2D eigenvalue weighted by Crippen LogP contribution is 2.05. The second-order valence-electron chi connectivity index (χ2n) is 2.92. The third kappa shape index (κ3) is 4.14. The van der Waals surface area contributed by atoms with Crippen molar-refractivity contribution in [3.05, 3.63) is 51.2 Å². The lowest BCUT2D eigenvalue weighted by atomic mass is 10.3. The second-order valence-corrected chi connectivity index (χ2v) is 3.31. The van der Waals surface area contributed by atoms with Crippen molar-refractivity contribution < 1.29 is 4.92 Å². The maximum Gasteiger partial charge on any atom is 0.274 e. The molecule has 1 rings (SSSR count). The van der Waals surface area contributed by atoms with Crippen LogP contribution in [0.25, 0.3) is 0 Å². The van der Waals surface area contributed by atoms with Crippen molar-refractivity contribution in [2.75, 3.05) is 7.05 Å². The minimum Gasteiger partial charge on any atom is -0.370 e. The molecular weight excluding hydrogens is 232 g/mol. The van der Waals surface area contributed by atoms with E-state index >= 15 is 0 Å². The van der Waals surface area contributed by atoms with Gasteiger partial charge in [-0.1, -0.05) is 17.7 Å². The molecule has 0 aliphatic rings. The zero-order valence-electron chi connectivity index (χ0n) is 8.61. The van der Waals surface area contributed by atoms with Crippen molar-refractivity contribution >= 4 is 11.6 Å². The summed E-state index contributed by atoms with van der Waals surface area (Å²) in [6.45, 7) is 0.435. The molecule has 1 aromatic heterocycles. The van der Waals surface area contributed by atoms with Crippen molar-refractivity contribution in [3.63, 3.8) is 0 Å². The second kappa shape index (κ2) is 5.92. The summed E-state index contributed by atoms with van der Waals surface area (Å²) < 4.78 is 0. The van der Waals surface area contributed by atoms with Gasteiger partial charge in [0.05, 0.1) is 4.92 Å². The molecule has 0 aliphatic heterocycles. The molecule has 0 saturated carbocycles. The molecular formula is C9H11ClN4O2. The van der Waals surface area contributed by atoms with E-state index in [-0.39, 0.29) is 0 Å². The molecule has 2 N–H and O–H groups in total. The predicted molar refractivity (Wildman–Crippen MR) is 60.2 cm³/mol. The van der Waals surface area contributed by atoms with Crippen molar-refractivity contribution in [2.45, 2.75) is 6.54 Å². The van der Waals surface area contributed by atoms with Crippen molar-refractivity contribution in [3.8, 4) is 0 Å². The van der Waals surface area contributed by atoms with Crippen LogP contribution in [0.15, 0.2) is 30.4 Å². The van der Waals surface area contributed by atoms with E-state index in [1.165, 1.54) is 0 Å². The SMILES string of the molecule is CN/C(=C\[N+](=O)[O-])NCc1ccc(Cl)nc1. The Hall–Kier alpha value is -1.82. The van der Waals surface area contributed by atoms with E-state index in [1.54, 1.807) is 25.4 Å². The van der Waals surface area contributed by atoms with Crippen LogP contribution in [0.4, 0.5) is 0 Å². The summed E-state index contributed by atoms with van der Waals surface area (Å²) in [7, 11) is 1.60. The Labute approximate surface area is 97.5 Å². The summed E-state index contributed by atoms with van der Waals surface area (Å²) in [5.41, 5.74) is 0.883. The Morgan fingerprint density at radius 1 is 1.69 bits per heavy atom. The van der Waals surface area contributed by atoms with E-state index in [2.05, 4.69) is 15.6 Å². The lowest BCUT2D eigenvalue weighted by Crippen LogP contribution is -2.24. The summed E-state index contributed by atoms with van der Waals surface area (Å²) in [4.78, 5) is 13.6. The number of halogens is 1. The average molecular weight is 243 g/mol. The van der Waals surface area contributed by atoms with Crippen molar-refractivity contribution in [1.82, 2.24) is 15.6 Å². The van der Waals surface area contributed by atoms with Crippen LogP contribution in [0, 0.1) is 10.1 Å². The zero-order chi connectivity index (χ0) is 12.0. The first-order chi connectivity index (χ1) is 7.61. The van der Waals surface area contributed by atoms with Gasteiger partial charge >= 0.3 is 0 Å². The molecule has 0 spiro atoms. The van der Waals surface area contributed by atoms with Crippen LogP contribution >= 0.6 is 11.6 Å². The van der Waals surface area contributed by atoms with E-state index in [9.17, 15) is 10.1 Å². The lowest BCUT2D eigenvalue weighted by molar-refractivity contribution is -0.404. The van der Waals surface area contributed by atoms with Crippen LogP contribution in [-0.2, 0) is 6.54 Å². The number of nitro groups is 1. The van der Waals surface area contributed by atoms with Gasteiger partial charge in [0, 0.05) is 19.8 Å². The van der Waals surface area contributed by atoms with Crippen LogP contribution < -0.4 is 10.6 Å². The molecule has 0 radical (unpaired) electrons. The summed E-state index contributed by atoms with van der Waals surface area (Å²) in [5, 5.41) is 16.2. The molecule has 1 aromatic rings. The standard InChI is InChI=1S/C9H11ClN4O2/c1-11-9(6-14(15)16)13-5-7-2-3-8(10)12-4-7/h2-4,6,11,13H,5H2,1H3/b9-6+. The normalized spacial score (nSPS) is 11.0. The maximum absolute atomic E-state index is 10.2. The van der Waals surface area contributed by atoms with Crippen LogP contribution in [0.2, 0.25) is 5.15 Å². The Kier molecular flexibility index (Phi) is 4.53. The number of hydrogen-bond donors (Lipinski definition) is 2. The van der Waals surface area contributed by atoms with E-state index in [0.717, 1.165) is 11.8 Å². The molecule has 0 unspecified atom stereocenters. The highest BCUT2D eigenvalue weighted by Gasteiger charge is 2.00. The molecule has 7 heteroatoms. The van der Waals surface area contributed by atoms with E-state index in [4.69, 9.17) is 11.6 Å². The van der Waals surface area contributed by atoms with Gasteiger partial charge in [-0.15, -0.1) is 0 Å². The van der Waals surface area contributed by atoms with Gasteiger partial charge in [0.25, 0.3) is 6.20 Å². The molecule has 0 amide bonds. The quantitative estimate of drug-likeness (QED) is 0.460. The zero-order valence-corrected chi connectivity index (χ0v) is 9.36. The fourth-order valence-electron chi connectivity index (χ4n) is 1.01. The first-order valence-electron chi connectivity index (χ1n) is 4.49. The molecule has 0 saturated heterocycles. The van der Waals surface area contributed by atoms with E-state index < -0.39 is 4.92 Å². The topological polar surface area (TPSA) is 80.1 Å². The van der Waals surface area contributed by atoms with Crippen molar-refractivity contribution in [2.24, 2.45) is 0 Å². The first-order valence-corrected chi connectivity index (χ1v) is 4.87. The fourth-order valence-corrected chi connectivity index (χ4v) is 1.12. The number of nitrogens with one attached hydrogen (secondary N) is 2. The van der Waals surface area contributed by atoms with Crippen molar-refractivity contribution in [1.29, 1.82) is 0 Å². The van der Waals surface area contributed by atoms with Crippen LogP contribution in [-0.4, -0.2) is 17.0 Å². The molecule has 0 aromatic carbocycles. The van der Waals surface area contributed by atoms with Gasteiger partial charge in [-0.2, -0.15) is 0 Å². The summed E-state index contributed by atoms with van der Waals surface area (Å²) >= 11 is 5.63. The number of hydrogen-bond acceptors (Lipinski definition) is 5. The monoisotopic (exact) mass is 242 g/mol. The third-order valence-corrected chi connectivity index (χ3v) is 2.00. The summed E-state index contributed by atoms with van der Waals surface area (Å²) in [6.07, 6.45) is 2.47. The highest BCUT2D eigenvalue weighted by atomic mass is 35.5. The summed E-state index contributed by atoms with van der Waals surface area (Å²) in [5.74, 6) is 0.333. The summed E-state index contributed by atoms with van der Waals surface area (Å²) in [6, 6.07) is 3.45.